The van der Waals surface area contributed by atoms with Crippen molar-refractivity contribution in [3.8, 4) is 5.69 Å². The fraction of sp³-hybridized carbons (Fsp3) is 0.125. The Labute approximate surface area is 208 Å². The number of carbonyl (C=O) groups is 3. The standard InChI is InChI=1S/C24H18BrClN2O4S/c1-13-9-16(14(2)28(13)18-7-8-20(26)19(11-18)23(30)31)10-21-22(29)27(24(32)33-21)12-15-3-5-17(25)6-4-15/h3-11H,12H2,1-2H3,(H,30,31)/b21-10-. The van der Waals surface area contributed by atoms with Crippen molar-refractivity contribution < 1.29 is 19.5 Å². The van der Waals surface area contributed by atoms with Crippen molar-refractivity contribution >= 4 is 62.5 Å². The zero-order valence-corrected chi connectivity index (χ0v) is 20.8. The molecule has 1 saturated heterocycles. The lowest BCUT2D eigenvalue weighted by atomic mass is 10.2. The van der Waals surface area contributed by atoms with Crippen LogP contribution in [0.5, 0.6) is 0 Å². The van der Waals surface area contributed by atoms with Gasteiger partial charge in [0.05, 0.1) is 22.0 Å². The topological polar surface area (TPSA) is 79.6 Å². The SMILES string of the molecule is Cc1cc(/C=C2\SC(=O)N(Cc3ccc(Br)cc3)C2=O)c(C)n1-c1ccc(Cl)c(C(=O)O)c1. The maximum atomic E-state index is 12.9. The third-order valence-electron chi connectivity index (χ3n) is 5.32. The molecular formula is C24H18BrClN2O4S. The van der Waals surface area contributed by atoms with Crippen LogP contribution in [0.4, 0.5) is 4.79 Å². The van der Waals surface area contributed by atoms with E-state index < -0.39 is 5.97 Å². The van der Waals surface area contributed by atoms with Crippen LogP contribution in [0.2, 0.25) is 5.02 Å². The lowest BCUT2D eigenvalue weighted by molar-refractivity contribution is -0.123. The number of aromatic nitrogens is 1. The molecule has 0 aliphatic carbocycles. The molecule has 2 heterocycles. The Morgan fingerprint density at radius 2 is 1.82 bits per heavy atom. The minimum absolute atomic E-state index is 0.0114. The van der Waals surface area contributed by atoms with Crippen molar-refractivity contribution in [3.63, 3.8) is 0 Å². The van der Waals surface area contributed by atoms with Gasteiger partial charge in [-0.05, 0) is 79.2 Å². The largest absolute Gasteiger partial charge is 0.478 e. The monoisotopic (exact) mass is 544 g/mol. The molecule has 2 aromatic carbocycles. The average Bonchev–Trinajstić information content (AvgIpc) is 3.19. The van der Waals surface area contributed by atoms with Crippen molar-refractivity contribution in [2.45, 2.75) is 20.4 Å². The maximum absolute atomic E-state index is 12.9. The molecule has 0 unspecified atom stereocenters. The first-order valence-electron chi connectivity index (χ1n) is 9.87. The summed E-state index contributed by atoms with van der Waals surface area (Å²) in [5.74, 6) is -1.44. The predicted octanol–water partition coefficient (Wildman–Crippen LogP) is 6.44. The normalized spacial score (nSPS) is 15.0. The summed E-state index contributed by atoms with van der Waals surface area (Å²) in [6, 6.07) is 14.2. The van der Waals surface area contributed by atoms with Gasteiger partial charge in [-0.1, -0.05) is 39.7 Å². The number of thioether (sulfide) groups is 1. The number of hydrogen-bond donors (Lipinski definition) is 1. The van der Waals surface area contributed by atoms with Crippen LogP contribution in [0.3, 0.4) is 0 Å². The Balaban J connectivity index is 1.64. The summed E-state index contributed by atoms with van der Waals surface area (Å²) in [6.07, 6.45) is 1.71. The molecule has 1 N–H and O–H groups in total. The molecule has 168 valence electrons. The van der Waals surface area contributed by atoms with Crippen LogP contribution in [0.15, 0.2) is 57.9 Å². The predicted molar refractivity (Wildman–Crippen MR) is 133 cm³/mol. The maximum Gasteiger partial charge on any atom is 0.337 e. The molecule has 9 heteroatoms. The van der Waals surface area contributed by atoms with E-state index in [1.807, 2.05) is 48.7 Å². The first kappa shape index (κ1) is 23.4. The first-order chi connectivity index (χ1) is 15.7. The fourth-order valence-electron chi connectivity index (χ4n) is 3.70. The highest BCUT2D eigenvalue weighted by molar-refractivity contribution is 9.10. The molecule has 0 spiro atoms. The van der Waals surface area contributed by atoms with E-state index >= 15 is 0 Å². The van der Waals surface area contributed by atoms with Crippen LogP contribution in [0, 0.1) is 13.8 Å². The van der Waals surface area contributed by atoms with Gasteiger partial charge < -0.3 is 9.67 Å². The van der Waals surface area contributed by atoms with Gasteiger partial charge in [0, 0.05) is 21.5 Å². The summed E-state index contributed by atoms with van der Waals surface area (Å²) in [5.41, 5.74) is 3.95. The van der Waals surface area contributed by atoms with Crippen molar-refractivity contribution in [1.29, 1.82) is 0 Å². The Kier molecular flexibility index (Phi) is 6.52. The molecule has 3 aromatic rings. The number of halogens is 2. The van der Waals surface area contributed by atoms with Crippen LogP contribution in [-0.4, -0.2) is 31.7 Å². The van der Waals surface area contributed by atoms with Gasteiger partial charge in [0.2, 0.25) is 0 Å². The van der Waals surface area contributed by atoms with Crippen LogP contribution >= 0.6 is 39.3 Å². The van der Waals surface area contributed by atoms with Crippen LogP contribution in [0.25, 0.3) is 11.8 Å². The smallest absolute Gasteiger partial charge is 0.337 e. The van der Waals surface area contributed by atoms with Crippen LogP contribution in [0.1, 0.15) is 32.9 Å². The molecule has 1 fully saturated rings. The quantitative estimate of drug-likeness (QED) is 0.373. The third kappa shape index (κ3) is 4.64. The van der Waals surface area contributed by atoms with E-state index in [1.165, 1.54) is 11.0 Å². The summed E-state index contributed by atoms with van der Waals surface area (Å²) in [5, 5.41) is 9.23. The minimum Gasteiger partial charge on any atom is -0.478 e. The lowest BCUT2D eigenvalue weighted by Gasteiger charge is -2.12. The highest BCUT2D eigenvalue weighted by Crippen LogP contribution is 2.35. The van der Waals surface area contributed by atoms with Gasteiger partial charge in [-0.15, -0.1) is 0 Å². The van der Waals surface area contributed by atoms with E-state index in [1.54, 1.807) is 18.2 Å². The molecule has 0 atom stereocenters. The van der Waals surface area contributed by atoms with E-state index in [2.05, 4.69) is 15.9 Å². The lowest BCUT2D eigenvalue weighted by Crippen LogP contribution is -2.27. The van der Waals surface area contributed by atoms with Crippen LogP contribution in [-0.2, 0) is 11.3 Å². The Morgan fingerprint density at radius 1 is 1.12 bits per heavy atom. The van der Waals surface area contributed by atoms with Crippen molar-refractivity contribution in [3.05, 3.63) is 91.0 Å². The fourth-order valence-corrected chi connectivity index (χ4v) is 4.99. The summed E-state index contributed by atoms with van der Waals surface area (Å²) in [7, 11) is 0. The van der Waals surface area contributed by atoms with E-state index in [9.17, 15) is 19.5 Å². The second-order valence-corrected chi connectivity index (χ2v) is 9.84. The molecule has 0 radical (unpaired) electrons. The van der Waals surface area contributed by atoms with Crippen molar-refractivity contribution in [1.82, 2.24) is 9.47 Å². The second-order valence-electron chi connectivity index (χ2n) is 7.53. The van der Waals surface area contributed by atoms with Gasteiger partial charge in [-0.25, -0.2) is 4.79 Å². The average molecular weight is 546 g/mol. The molecular weight excluding hydrogens is 528 g/mol. The zero-order valence-electron chi connectivity index (χ0n) is 17.6. The van der Waals surface area contributed by atoms with E-state index in [0.29, 0.717) is 10.6 Å². The van der Waals surface area contributed by atoms with E-state index in [0.717, 1.165) is 38.7 Å². The molecule has 4 rings (SSSR count). The number of amides is 2. The molecule has 6 nitrogen and oxygen atoms in total. The molecule has 1 aromatic heterocycles. The van der Waals surface area contributed by atoms with Gasteiger partial charge in [0.15, 0.2) is 0 Å². The number of carboxylic acids is 1. The molecule has 33 heavy (non-hydrogen) atoms. The number of aromatic carboxylic acids is 1. The van der Waals surface area contributed by atoms with Crippen molar-refractivity contribution in [2.24, 2.45) is 0 Å². The zero-order chi connectivity index (χ0) is 23.9. The number of benzene rings is 2. The number of rotatable bonds is 5. The summed E-state index contributed by atoms with van der Waals surface area (Å²) < 4.78 is 2.81. The van der Waals surface area contributed by atoms with Gasteiger partial charge >= 0.3 is 5.97 Å². The highest BCUT2D eigenvalue weighted by atomic mass is 79.9. The molecule has 1 aliphatic heterocycles. The molecule has 1 aliphatic rings. The summed E-state index contributed by atoms with van der Waals surface area (Å²) in [4.78, 5) is 38.5. The van der Waals surface area contributed by atoms with E-state index in [-0.39, 0.29) is 28.3 Å². The second kappa shape index (κ2) is 9.21. The molecule has 0 saturated carbocycles. The number of hydrogen-bond acceptors (Lipinski definition) is 4. The number of imide groups is 1. The summed E-state index contributed by atoms with van der Waals surface area (Å²) >= 11 is 10.3. The number of aryl methyl sites for hydroxylation is 1. The van der Waals surface area contributed by atoms with Gasteiger partial charge in [0.25, 0.3) is 11.1 Å². The van der Waals surface area contributed by atoms with Gasteiger partial charge in [-0.3, -0.25) is 14.5 Å². The minimum atomic E-state index is -1.11. The van der Waals surface area contributed by atoms with Gasteiger partial charge in [0.1, 0.15) is 0 Å². The Morgan fingerprint density at radius 3 is 2.48 bits per heavy atom. The number of carbonyl (C=O) groups excluding carboxylic acids is 2. The molecule has 2 amide bonds. The van der Waals surface area contributed by atoms with Crippen molar-refractivity contribution in [2.75, 3.05) is 0 Å². The Hall–Kier alpha value is -2.81. The highest BCUT2D eigenvalue weighted by Gasteiger charge is 2.35. The van der Waals surface area contributed by atoms with Gasteiger partial charge in [-0.2, -0.15) is 0 Å². The van der Waals surface area contributed by atoms with E-state index in [4.69, 9.17) is 11.6 Å². The molecule has 0 bridgehead atoms. The first-order valence-corrected chi connectivity index (χ1v) is 11.9. The number of nitrogens with zero attached hydrogens (tertiary/aromatic N) is 2. The third-order valence-corrected chi connectivity index (χ3v) is 7.09. The Bertz CT molecular complexity index is 1330. The number of carboxylic acid groups (broad SMARTS) is 1. The van der Waals surface area contributed by atoms with Crippen LogP contribution < -0.4 is 0 Å². The summed E-state index contributed by atoms with van der Waals surface area (Å²) in [6.45, 7) is 3.97.